The van der Waals surface area contributed by atoms with E-state index in [1.54, 1.807) is 53.6 Å². The second-order valence-electron chi connectivity index (χ2n) is 4.80. The number of hydrogen-bond acceptors (Lipinski definition) is 4. The fourth-order valence-electron chi connectivity index (χ4n) is 2.49. The van der Waals surface area contributed by atoms with E-state index in [4.69, 9.17) is 4.74 Å². The van der Waals surface area contributed by atoms with Crippen molar-refractivity contribution in [2.75, 3.05) is 7.11 Å². The first-order valence-corrected chi connectivity index (χ1v) is 6.58. The molecule has 1 aromatic carbocycles. The minimum atomic E-state index is -1.39. The van der Waals surface area contributed by atoms with E-state index >= 15 is 0 Å². The Kier molecular flexibility index (Phi) is 4.59. The van der Waals surface area contributed by atoms with E-state index < -0.39 is 11.6 Å². The molecule has 0 bridgehead atoms. The molecule has 0 radical (unpaired) electrons. The van der Waals surface area contributed by atoms with Crippen molar-refractivity contribution >= 4 is 29.9 Å². The predicted octanol–water partition coefficient (Wildman–Crippen LogP) is 2.35. The quantitative estimate of drug-likeness (QED) is 0.800. The average molecular weight is 319 g/mol. The first-order chi connectivity index (χ1) is 10.2. The first kappa shape index (κ1) is 16.1. The molecule has 1 aromatic rings. The Balaban J connectivity index is 0.00000176. The molecule has 2 aliphatic heterocycles. The van der Waals surface area contributed by atoms with Crippen molar-refractivity contribution in [2.24, 2.45) is 4.99 Å². The van der Waals surface area contributed by atoms with Crippen molar-refractivity contribution < 1.29 is 14.3 Å². The summed E-state index contributed by atoms with van der Waals surface area (Å²) in [5.41, 5.74) is -0.838. The van der Waals surface area contributed by atoms with Gasteiger partial charge in [-0.1, -0.05) is 36.4 Å². The maximum Gasteiger partial charge on any atom is 0.301 e. The molecule has 0 N–H and O–H groups in total. The van der Waals surface area contributed by atoms with Crippen LogP contribution in [0, 0.1) is 0 Å². The molecule has 3 rings (SSSR count). The molecule has 2 aliphatic rings. The van der Waals surface area contributed by atoms with Gasteiger partial charge in [0.2, 0.25) is 5.72 Å². The Morgan fingerprint density at radius 3 is 2.68 bits per heavy atom. The van der Waals surface area contributed by atoms with Crippen LogP contribution in [-0.4, -0.2) is 35.3 Å². The summed E-state index contributed by atoms with van der Waals surface area (Å²) in [6, 6.07) is 8.85. The predicted molar refractivity (Wildman–Crippen MR) is 84.9 cm³/mol. The van der Waals surface area contributed by atoms with Crippen LogP contribution in [0.2, 0.25) is 0 Å². The lowest BCUT2D eigenvalue weighted by Gasteiger charge is -2.34. The van der Waals surface area contributed by atoms with Gasteiger partial charge in [0.05, 0.1) is 6.42 Å². The summed E-state index contributed by atoms with van der Waals surface area (Å²) in [4.78, 5) is 30.3. The van der Waals surface area contributed by atoms with Crippen molar-refractivity contribution in [2.45, 2.75) is 12.1 Å². The second-order valence-corrected chi connectivity index (χ2v) is 4.80. The summed E-state index contributed by atoms with van der Waals surface area (Å²) in [5.74, 6) is -0.129. The van der Waals surface area contributed by atoms with Gasteiger partial charge < -0.3 is 4.74 Å². The standard InChI is InChI=1S/C16H14N2O3.ClH/c1-21-16(11-13(19)12-7-3-2-4-8-12)15(20)17-14-9-5-6-10-18(14)16;/h2-10H,11H2,1H3;1H. The minimum Gasteiger partial charge on any atom is -0.350 e. The fraction of sp³-hybridized carbons (Fsp3) is 0.188. The zero-order chi connectivity index (χ0) is 14.9. The van der Waals surface area contributed by atoms with E-state index in [9.17, 15) is 9.59 Å². The van der Waals surface area contributed by atoms with E-state index in [1.165, 1.54) is 7.11 Å². The summed E-state index contributed by atoms with van der Waals surface area (Å²) in [6.07, 6.45) is 6.89. The van der Waals surface area contributed by atoms with Crippen LogP contribution in [0.25, 0.3) is 0 Å². The molecule has 0 saturated heterocycles. The van der Waals surface area contributed by atoms with Crippen LogP contribution < -0.4 is 0 Å². The number of allylic oxidation sites excluding steroid dienone is 2. The molecule has 22 heavy (non-hydrogen) atoms. The number of carbonyl (C=O) groups excluding carboxylic acids is 2. The molecule has 5 nitrogen and oxygen atoms in total. The smallest absolute Gasteiger partial charge is 0.301 e. The lowest BCUT2D eigenvalue weighted by Crippen LogP contribution is -2.52. The van der Waals surface area contributed by atoms with E-state index in [2.05, 4.69) is 4.99 Å². The molecular weight excluding hydrogens is 304 g/mol. The van der Waals surface area contributed by atoms with Gasteiger partial charge in [0.15, 0.2) is 5.78 Å². The molecule has 1 amide bonds. The zero-order valence-electron chi connectivity index (χ0n) is 11.9. The molecule has 6 heteroatoms. The number of amides is 1. The Morgan fingerprint density at radius 1 is 1.27 bits per heavy atom. The van der Waals surface area contributed by atoms with Gasteiger partial charge in [0.25, 0.3) is 0 Å². The highest BCUT2D eigenvalue weighted by atomic mass is 35.5. The van der Waals surface area contributed by atoms with Gasteiger partial charge in [-0.15, -0.1) is 12.4 Å². The lowest BCUT2D eigenvalue weighted by atomic mass is 9.99. The summed E-state index contributed by atoms with van der Waals surface area (Å²) in [6.45, 7) is 0. The van der Waals surface area contributed by atoms with Gasteiger partial charge >= 0.3 is 5.91 Å². The monoisotopic (exact) mass is 318 g/mol. The molecule has 0 aromatic heterocycles. The molecule has 0 saturated carbocycles. The number of amidine groups is 1. The Labute approximate surface area is 134 Å². The van der Waals surface area contributed by atoms with Crippen molar-refractivity contribution in [1.29, 1.82) is 0 Å². The van der Waals surface area contributed by atoms with Crippen LogP contribution in [0.4, 0.5) is 0 Å². The normalized spacial score (nSPS) is 22.1. The van der Waals surface area contributed by atoms with Crippen LogP contribution >= 0.6 is 12.4 Å². The molecule has 0 fully saturated rings. The lowest BCUT2D eigenvalue weighted by molar-refractivity contribution is -0.149. The SMILES string of the molecule is COC1(CC(=O)c2ccccc2)C(=O)N=C2C=CC=CN21.Cl. The minimum absolute atomic E-state index is 0. The molecular formula is C16H15ClN2O3. The highest BCUT2D eigenvalue weighted by Crippen LogP contribution is 2.32. The molecule has 0 aliphatic carbocycles. The van der Waals surface area contributed by atoms with Gasteiger partial charge in [-0.05, 0) is 12.2 Å². The van der Waals surface area contributed by atoms with E-state index in [0.29, 0.717) is 11.4 Å². The number of benzene rings is 1. The van der Waals surface area contributed by atoms with Gasteiger partial charge in [-0.25, -0.2) is 0 Å². The summed E-state index contributed by atoms with van der Waals surface area (Å²) >= 11 is 0. The van der Waals surface area contributed by atoms with Crippen LogP contribution in [0.15, 0.2) is 59.8 Å². The molecule has 0 spiro atoms. The highest BCUT2D eigenvalue weighted by Gasteiger charge is 2.51. The van der Waals surface area contributed by atoms with Gasteiger partial charge in [-0.3, -0.25) is 14.5 Å². The van der Waals surface area contributed by atoms with Crippen LogP contribution in [0.5, 0.6) is 0 Å². The van der Waals surface area contributed by atoms with Crippen molar-refractivity contribution in [3.63, 3.8) is 0 Å². The average Bonchev–Trinajstić information content (AvgIpc) is 2.81. The summed E-state index contributed by atoms with van der Waals surface area (Å²) < 4.78 is 5.43. The number of ether oxygens (including phenoxy) is 1. The Morgan fingerprint density at radius 2 is 2.00 bits per heavy atom. The van der Waals surface area contributed by atoms with Gasteiger partial charge in [-0.2, -0.15) is 4.99 Å². The first-order valence-electron chi connectivity index (χ1n) is 6.58. The van der Waals surface area contributed by atoms with Gasteiger partial charge in [0.1, 0.15) is 5.84 Å². The number of halogens is 1. The third kappa shape index (κ3) is 2.49. The molecule has 1 unspecified atom stereocenters. The Bertz CT molecular complexity index is 682. The number of ketones is 1. The van der Waals surface area contributed by atoms with Crippen LogP contribution in [0.3, 0.4) is 0 Å². The molecule has 2 heterocycles. The number of methoxy groups -OCH3 is 1. The number of rotatable bonds is 4. The maximum absolute atomic E-state index is 12.4. The summed E-state index contributed by atoms with van der Waals surface area (Å²) in [7, 11) is 1.42. The number of aliphatic imine (C=N–C) groups is 1. The number of hydrogen-bond donors (Lipinski definition) is 0. The Hall–Kier alpha value is -2.24. The fourth-order valence-corrected chi connectivity index (χ4v) is 2.49. The van der Waals surface area contributed by atoms with E-state index in [-0.39, 0.29) is 24.6 Å². The van der Waals surface area contributed by atoms with Crippen molar-refractivity contribution in [3.8, 4) is 0 Å². The zero-order valence-corrected chi connectivity index (χ0v) is 12.7. The van der Waals surface area contributed by atoms with Crippen molar-refractivity contribution in [1.82, 2.24) is 4.90 Å². The largest absolute Gasteiger partial charge is 0.350 e. The molecule has 114 valence electrons. The van der Waals surface area contributed by atoms with Crippen molar-refractivity contribution in [3.05, 3.63) is 60.3 Å². The number of Topliss-reactive ketones (excluding diaryl/α,β-unsaturated/α-hetero) is 1. The van der Waals surface area contributed by atoms with Crippen LogP contribution in [-0.2, 0) is 9.53 Å². The highest BCUT2D eigenvalue weighted by molar-refractivity contribution is 6.13. The molecule has 1 atom stereocenters. The number of carbonyl (C=O) groups is 2. The second kappa shape index (κ2) is 6.25. The van der Waals surface area contributed by atoms with E-state index in [0.717, 1.165) is 0 Å². The summed E-state index contributed by atoms with van der Waals surface area (Å²) in [5, 5.41) is 0. The maximum atomic E-state index is 12.4. The van der Waals surface area contributed by atoms with E-state index in [1.807, 2.05) is 6.07 Å². The van der Waals surface area contributed by atoms with Crippen LogP contribution in [0.1, 0.15) is 16.8 Å². The number of nitrogens with zero attached hydrogens (tertiary/aromatic N) is 2. The third-order valence-electron chi connectivity index (χ3n) is 3.61. The topological polar surface area (TPSA) is 59.0 Å². The third-order valence-corrected chi connectivity index (χ3v) is 3.61. The van der Waals surface area contributed by atoms with Gasteiger partial charge in [0, 0.05) is 18.9 Å². The number of fused-ring (bicyclic) bond motifs is 1.